The maximum Gasteiger partial charge on any atom is 0.245 e. The molecule has 0 radical (unpaired) electrons. The summed E-state index contributed by atoms with van der Waals surface area (Å²) in [5.74, 6) is 0.447. The number of aromatic nitrogens is 3. The van der Waals surface area contributed by atoms with Crippen LogP contribution in [0.2, 0.25) is 0 Å². The highest BCUT2D eigenvalue weighted by molar-refractivity contribution is 5.94. The molecule has 2 aromatic carbocycles. The number of phenols is 1. The maximum absolute atomic E-state index is 9.47. The Morgan fingerprint density at radius 1 is 1.04 bits per heavy atom. The summed E-state index contributed by atoms with van der Waals surface area (Å²) in [6.45, 7) is 0. The third-order valence-electron chi connectivity index (χ3n) is 4.63. The van der Waals surface area contributed by atoms with Crippen LogP contribution in [0.5, 0.6) is 5.75 Å². The van der Waals surface area contributed by atoms with E-state index in [1.54, 1.807) is 18.3 Å². The Balaban J connectivity index is 1.69. The van der Waals surface area contributed by atoms with E-state index in [9.17, 15) is 5.11 Å². The molecule has 124 valence electrons. The van der Waals surface area contributed by atoms with Crippen molar-refractivity contribution in [3.63, 3.8) is 0 Å². The average molecular weight is 331 g/mol. The van der Waals surface area contributed by atoms with Gasteiger partial charge in [-0.2, -0.15) is 9.78 Å². The quantitative estimate of drug-likeness (QED) is 0.508. The number of hydrogen-bond donors (Lipinski definition) is 3. The van der Waals surface area contributed by atoms with Crippen LogP contribution >= 0.6 is 0 Å². The van der Waals surface area contributed by atoms with Gasteiger partial charge in [-0.05, 0) is 30.5 Å². The van der Waals surface area contributed by atoms with Crippen molar-refractivity contribution in [3.8, 4) is 17.0 Å². The van der Waals surface area contributed by atoms with Crippen LogP contribution in [0.15, 0.2) is 60.8 Å². The molecule has 1 fully saturated rings. The zero-order chi connectivity index (χ0) is 17.4. The molecule has 1 heterocycles. The summed E-state index contributed by atoms with van der Waals surface area (Å²) < 4.78 is 1.28. The highest BCUT2D eigenvalue weighted by Crippen LogP contribution is 2.49. The van der Waals surface area contributed by atoms with Gasteiger partial charge in [-0.1, -0.05) is 42.5 Å². The second-order valence-electron chi connectivity index (χ2n) is 6.22. The van der Waals surface area contributed by atoms with Crippen molar-refractivity contribution in [1.82, 2.24) is 14.8 Å². The molecule has 0 amide bonds. The minimum absolute atomic E-state index is 0.0589. The van der Waals surface area contributed by atoms with Gasteiger partial charge >= 0.3 is 0 Å². The normalized spacial score (nSPS) is 14.9. The number of hydrogen-bond acceptors (Lipinski definition) is 5. The van der Waals surface area contributed by atoms with Gasteiger partial charge in [-0.3, -0.25) is 10.8 Å². The summed E-state index contributed by atoms with van der Waals surface area (Å²) in [4.78, 5) is 4.30. The fourth-order valence-electron chi connectivity index (χ4n) is 3.04. The number of nitrogens with zero attached hydrogens (tertiary/aromatic N) is 3. The molecule has 1 aliphatic rings. The first-order valence-corrected chi connectivity index (χ1v) is 8.05. The molecule has 6 nitrogen and oxygen atoms in total. The first-order chi connectivity index (χ1) is 12.1. The largest absolute Gasteiger partial charge is 0.508 e. The Kier molecular flexibility index (Phi) is 3.46. The molecule has 4 rings (SSSR count). The Morgan fingerprint density at radius 3 is 2.32 bits per heavy atom. The van der Waals surface area contributed by atoms with Crippen molar-refractivity contribution < 1.29 is 5.11 Å². The average Bonchev–Trinajstić information content (AvgIpc) is 3.44. The van der Waals surface area contributed by atoms with Gasteiger partial charge in [-0.15, -0.1) is 0 Å². The fourth-order valence-corrected chi connectivity index (χ4v) is 3.04. The van der Waals surface area contributed by atoms with E-state index in [-0.39, 0.29) is 17.2 Å². The van der Waals surface area contributed by atoms with E-state index in [1.807, 2.05) is 42.5 Å². The van der Waals surface area contributed by atoms with Crippen LogP contribution in [-0.2, 0) is 5.41 Å². The molecular weight excluding hydrogens is 314 g/mol. The molecule has 0 atom stereocenters. The SMILES string of the molecule is N=C(n1ncc(-c2ccccc2)nc1=N)C1(c2ccc(O)cc2)CC1. The van der Waals surface area contributed by atoms with Crippen molar-refractivity contribution >= 4 is 5.84 Å². The summed E-state index contributed by atoms with van der Waals surface area (Å²) in [7, 11) is 0. The predicted molar refractivity (Wildman–Crippen MR) is 93.5 cm³/mol. The van der Waals surface area contributed by atoms with Gasteiger partial charge in [0.05, 0.1) is 17.3 Å². The third-order valence-corrected chi connectivity index (χ3v) is 4.63. The first kappa shape index (κ1) is 15.3. The van der Waals surface area contributed by atoms with Crippen molar-refractivity contribution in [2.75, 3.05) is 0 Å². The van der Waals surface area contributed by atoms with Crippen LogP contribution in [0.3, 0.4) is 0 Å². The zero-order valence-corrected chi connectivity index (χ0v) is 13.5. The molecule has 1 aromatic heterocycles. The van der Waals surface area contributed by atoms with Crippen LogP contribution in [0.25, 0.3) is 11.3 Å². The van der Waals surface area contributed by atoms with Gasteiger partial charge in [0.25, 0.3) is 0 Å². The van der Waals surface area contributed by atoms with E-state index in [0.717, 1.165) is 24.0 Å². The molecule has 0 aliphatic heterocycles. The topological polar surface area (TPSA) is 98.6 Å². The lowest BCUT2D eigenvalue weighted by Gasteiger charge is -2.18. The molecule has 3 N–H and O–H groups in total. The minimum Gasteiger partial charge on any atom is -0.508 e. The first-order valence-electron chi connectivity index (χ1n) is 8.05. The van der Waals surface area contributed by atoms with Gasteiger partial charge in [0.15, 0.2) is 0 Å². The Hall–Kier alpha value is -3.28. The second kappa shape index (κ2) is 5.66. The summed E-state index contributed by atoms with van der Waals surface area (Å²) in [6, 6.07) is 16.5. The number of aromatic hydroxyl groups is 1. The smallest absolute Gasteiger partial charge is 0.245 e. The van der Waals surface area contributed by atoms with E-state index in [2.05, 4.69) is 10.1 Å². The van der Waals surface area contributed by atoms with Crippen LogP contribution in [0, 0.1) is 10.8 Å². The lowest BCUT2D eigenvalue weighted by Crippen LogP contribution is -2.38. The molecule has 1 saturated carbocycles. The third kappa shape index (κ3) is 2.61. The van der Waals surface area contributed by atoms with E-state index in [4.69, 9.17) is 10.8 Å². The lowest BCUT2D eigenvalue weighted by atomic mass is 9.94. The Bertz CT molecular complexity index is 988. The zero-order valence-electron chi connectivity index (χ0n) is 13.5. The monoisotopic (exact) mass is 331 g/mol. The number of benzene rings is 2. The van der Waals surface area contributed by atoms with Crippen LogP contribution < -0.4 is 5.62 Å². The standard InChI is InChI=1S/C19H17N5O/c20-17(19(10-11-19)14-6-8-15(25)9-7-14)24-18(21)23-16(12-22-24)13-4-2-1-3-5-13/h1-9,12,20-21,25H,10-11H2. The van der Waals surface area contributed by atoms with Gasteiger partial charge in [0.2, 0.25) is 5.62 Å². The molecule has 25 heavy (non-hydrogen) atoms. The molecule has 0 saturated heterocycles. The number of nitrogens with one attached hydrogen (secondary N) is 2. The van der Waals surface area contributed by atoms with Crippen molar-refractivity contribution in [2.45, 2.75) is 18.3 Å². The Labute approximate surface area is 144 Å². The Morgan fingerprint density at radius 2 is 1.72 bits per heavy atom. The summed E-state index contributed by atoms with van der Waals surface area (Å²) in [5.41, 5.74) is 1.95. The predicted octanol–water partition coefficient (Wildman–Crippen LogP) is 2.69. The van der Waals surface area contributed by atoms with Gasteiger partial charge in [-0.25, -0.2) is 4.98 Å². The number of rotatable bonds is 3. The maximum atomic E-state index is 9.47. The highest BCUT2D eigenvalue weighted by atomic mass is 16.3. The van der Waals surface area contributed by atoms with Gasteiger partial charge in [0, 0.05) is 5.56 Å². The van der Waals surface area contributed by atoms with E-state index in [0.29, 0.717) is 5.69 Å². The van der Waals surface area contributed by atoms with Crippen LogP contribution in [0.4, 0.5) is 0 Å². The number of phenolic OH excluding ortho intramolecular Hbond substituents is 1. The molecule has 0 spiro atoms. The van der Waals surface area contributed by atoms with E-state index in [1.165, 1.54) is 4.68 Å². The molecular formula is C19H17N5O. The second-order valence-corrected chi connectivity index (χ2v) is 6.22. The lowest BCUT2D eigenvalue weighted by molar-refractivity contribution is 0.475. The summed E-state index contributed by atoms with van der Waals surface area (Å²) in [5, 5.41) is 30.6. The van der Waals surface area contributed by atoms with E-state index < -0.39 is 5.41 Å². The summed E-state index contributed by atoms with van der Waals surface area (Å²) >= 11 is 0. The summed E-state index contributed by atoms with van der Waals surface area (Å²) in [6.07, 6.45) is 3.24. The fraction of sp³-hybridized carbons (Fsp3) is 0.158. The van der Waals surface area contributed by atoms with Crippen LogP contribution in [0.1, 0.15) is 18.4 Å². The minimum atomic E-state index is -0.447. The molecule has 1 aliphatic carbocycles. The van der Waals surface area contributed by atoms with Crippen LogP contribution in [-0.4, -0.2) is 25.7 Å². The molecule has 3 aromatic rings. The van der Waals surface area contributed by atoms with Crippen molar-refractivity contribution in [1.29, 1.82) is 10.8 Å². The molecule has 0 bridgehead atoms. The van der Waals surface area contributed by atoms with Gasteiger partial charge < -0.3 is 5.11 Å². The van der Waals surface area contributed by atoms with Gasteiger partial charge in [0.1, 0.15) is 11.6 Å². The highest BCUT2D eigenvalue weighted by Gasteiger charge is 2.49. The van der Waals surface area contributed by atoms with E-state index >= 15 is 0 Å². The molecule has 0 unspecified atom stereocenters. The molecule has 6 heteroatoms. The van der Waals surface area contributed by atoms with Crippen molar-refractivity contribution in [2.24, 2.45) is 0 Å². The van der Waals surface area contributed by atoms with Crippen molar-refractivity contribution in [3.05, 3.63) is 72.0 Å².